The first-order valence-electron chi connectivity index (χ1n) is 14.2. The Balaban J connectivity index is 2.39. The molecule has 0 radical (unpaired) electrons. The van der Waals surface area contributed by atoms with Crippen molar-refractivity contribution in [2.24, 2.45) is 5.73 Å². The van der Waals surface area contributed by atoms with Crippen LogP contribution in [0.15, 0.2) is 91.1 Å². The van der Waals surface area contributed by atoms with E-state index in [1.54, 1.807) is 12.2 Å². The van der Waals surface area contributed by atoms with Gasteiger partial charge in [0.2, 0.25) is 0 Å². The van der Waals surface area contributed by atoms with Gasteiger partial charge in [0.05, 0.1) is 6.42 Å². The zero-order valence-electron chi connectivity index (χ0n) is 25.1. The maximum Gasteiger partial charge on any atom is 0.333 e. The number of ether oxygens (including phenoxy) is 3. The monoisotopic (exact) mass is 593 g/mol. The van der Waals surface area contributed by atoms with Gasteiger partial charge in [0.15, 0.2) is 11.5 Å². The molecule has 0 amide bonds. The number of hydrogen-bond donors (Lipinski definition) is 2. The molecule has 0 fully saturated rings. The summed E-state index contributed by atoms with van der Waals surface area (Å²) >= 11 is 0. The van der Waals surface area contributed by atoms with Gasteiger partial charge in [-0.25, -0.2) is 4.79 Å². The van der Waals surface area contributed by atoms with Crippen molar-refractivity contribution in [2.75, 3.05) is 0 Å². The highest BCUT2D eigenvalue weighted by molar-refractivity contribution is 5.89. The zero-order chi connectivity index (χ0) is 31.9. The first-order valence-corrected chi connectivity index (χ1v) is 14.2. The smallest absolute Gasteiger partial charge is 0.333 e. The molecule has 3 N–H and O–H groups in total. The Labute approximate surface area is 254 Å². The van der Waals surface area contributed by atoms with Crippen LogP contribution < -0.4 is 15.2 Å². The number of carbonyl (C=O) groups is 4. The van der Waals surface area contributed by atoms with Crippen molar-refractivity contribution in [3.8, 4) is 11.5 Å². The van der Waals surface area contributed by atoms with Gasteiger partial charge in [-0.15, -0.1) is 0 Å². The van der Waals surface area contributed by atoms with Crippen LogP contribution in [-0.4, -0.2) is 35.0 Å². The third kappa shape index (κ3) is 17.3. The fraction of sp³-hybridized carbons (Fsp3) is 0.353. The van der Waals surface area contributed by atoms with Crippen LogP contribution in [0.1, 0.15) is 77.4 Å². The van der Waals surface area contributed by atoms with E-state index in [-0.39, 0.29) is 23.5 Å². The van der Waals surface area contributed by atoms with Crippen LogP contribution in [0, 0.1) is 0 Å². The standard InChI is InChI=1S/C34H43NO8/c1-4-5-6-7-8-9-10-11-12-13-14-15-16-17-18-19-20-21-22-31(38)43-34(40)32(35)33(39)28-23-24-29(41-26(2)36)30(25-28)42-27(3)37/h5-6,8-9,11-12,14-15,17-18,20-21,23-25,32-33,39H,4,7,10,13,16,19,22,35H2,1-3H3/b6-5-,9-8-,12-11-,15-14-,18-17-,21-20-. The number of aliphatic hydroxyl groups excluding tert-OH is 1. The van der Waals surface area contributed by atoms with E-state index in [9.17, 15) is 24.3 Å². The lowest BCUT2D eigenvalue weighted by Gasteiger charge is -2.18. The summed E-state index contributed by atoms with van der Waals surface area (Å²) in [5.74, 6) is -3.48. The molecule has 0 saturated heterocycles. The molecule has 0 aliphatic heterocycles. The van der Waals surface area contributed by atoms with E-state index in [0.717, 1.165) is 39.0 Å². The minimum atomic E-state index is -1.60. The van der Waals surface area contributed by atoms with Crippen molar-refractivity contribution in [3.05, 3.63) is 96.7 Å². The van der Waals surface area contributed by atoms with E-state index in [2.05, 4.69) is 55.5 Å². The molecule has 0 aliphatic carbocycles. The van der Waals surface area contributed by atoms with E-state index >= 15 is 0 Å². The van der Waals surface area contributed by atoms with Crippen LogP contribution in [-0.2, 0) is 23.9 Å². The summed E-state index contributed by atoms with van der Waals surface area (Å²) in [5, 5.41) is 10.5. The third-order valence-electron chi connectivity index (χ3n) is 5.52. The molecule has 0 aromatic heterocycles. The molecule has 0 saturated carbocycles. The van der Waals surface area contributed by atoms with Crippen molar-refractivity contribution in [1.29, 1.82) is 0 Å². The van der Waals surface area contributed by atoms with Crippen LogP contribution in [0.3, 0.4) is 0 Å². The molecule has 43 heavy (non-hydrogen) atoms. The predicted molar refractivity (Wildman–Crippen MR) is 166 cm³/mol. The van der Waals surface area contributed by atoms with Crippen molar-refractivity contribution in [3.63, 3.8) is 0 Å². The predicted octanol–water partition coefficient (Wildman–Crippen LogP) is 6.06. The second kappa shape index (κ2) is 22.3. The molecular formula is C34H43NO8. The molecule has 2 atom stereocenters. The van der Waals surface area contributed by atoms with Gasteiger partial charge >= 0.3 is 23.9 Å². The number of carbonyl (C=O) groups excluding carboxylic acids is 4. The molecule has 0 spiro atoms. The first kappa shape index (κ1) is 36.7. The Morgan fingerprint density at radius 3 is 1.63 bits per heavy atom. The van der Waals surface area contributed by atoms with E-state index in [4.69, 9.17) is 19.9 Å². The van der Waals surface area contributed by atoms with Crippen molar-refractivity contribution >= 4 is 23.9 Å². The highest BCUT2D eigenvalue weighted by Crippen LogP contribution is 2.32. The van der Waals surface area contributed by atoms with E-state index in [1.165, 1.54) is 25.1 Å². The van der Waals surface area contributed by atoms with Crippen LogP contribution >= 0.6 is 0 Å². The summed E-state index contributed by atoms with van der Waals surface area (Å²) in [6.07, 6.45) is 28.0. The highest BCUT2D eigenvalue weighted by atomic mass is 16.6. The molecule has 0 heterocycles. The fourth-order valence-corrected chi connectivity index (χ4v) is 3.44. The van der Waals surface area contributed by atoms with Gasteiger partial charge in [-0.2, -0.15) is 0 Å². The summed E-state index contributed by atoms with van der Waals surface area (Å²) in [6.45, 7) is 4.44. The number of benzene rings is 1. The van der Waals surface area contributed by atoms with Crippen molar-refractivity contribution < 1.29 is 38.5 Å². The second-order valence-electron chi connectivity index (χ2n) is 9.28. The summed E-state index contributed by atoms with van der Waals surface area (Å²) in [7, 11) is 0. The summed E-state index contributed by atoms with van der Waals surface area (Å²) in [5.41, 5.74) is 5.88. The molecule has 1 aromatic rings. The third-order valence-corrected chi connectivity index (χ3v) is 5.52. The van der Waals surface area contributed by atoms with Gasteiger partial charge in [0.25, 0.3) is 0 Å². The lowest BCUT2D eigenvalue weighted by molar-refractivity contribution is -0.161. The SMILES string of the molecule is CC/C=C\C/C=C\C/C=C\C/C=C\C/C=C\C/C=C\CC(=O)OC(=O)C(N)C(O)c1ccc(OC(C)=O)c(OC(C)=O)c1. The Hall–Kier alpha value is -4.34. The Morgan fingerprint density at radius 2 is 1.16 bits per heavy atom. The number of esters is 4. The molecule has 0 aliphatic rings. The van der Waals surface area contributed by atoms with Crippen LogP contribution in [0.5, 0.6) is 11.5 Å². The van der Waals surface area contributed by atoms with Gasteiger partial charge < -0.3 is 25.1 Å². The maximum atomic E-state index is 12.3. The second-order valence-corrected chi connectivity index (χ2v) is 9.28. The summed E-state index contributed by atoms with van der Waals surface area (Å²) < 4.78 is 14.7. The van der Waals surface area contributed by atoms with Gasteiger partial charge in [-0.3, -0.25) is 14.4 Å². The normalized spacial score (nSPS) is 13.5. The minimum absolute atomic E-state index is 0.0543. The average Bonchev–Trinajstić information content (AvgIpc) is 2.96. The van der Waals surface area contributed by atoms with E-state index < -0.39 is 36.0 Å². The van der Waals surface area contributed by atoms with Gasteiger partial charge in [0.1, 0.15) is 12.1 Å². The molecule has 2 unspecified atom stereocenters. The Kier molecular flexibility index (Phi) is 19.0. The Bertz CT molecular complexity index is 1220. The minimum Gasteiger partial charge on any atom is -0.423 e. The molecule has 9 heteroatoms. The van der Waals surface area contributed by atoms with E-state index in [1.807, 2.05) is 12.2 Å². The van der Waals surface area contributed by atoms with Gasteiger partial charge in [0, 0.05) is 13.8 Å². The fourth-order valence-electron chi connectivity index (χ4n) is 3.44. The lowest BCUT2D eigenvalue weighted by atomic mass is 10.0. The molecule has 1 aromatic carbocycles. The maximum absolute atomic E-state index is 12.3. The molecule has 9 nitrogen and oxygen atoms in total. The number of rotatable bonds is 18. The zero-order valence-corrected chi connectivity index (χ0v) is 25.1. The number of hydrogen-bond acceptors (Lipinski definition) is 9. The van der Waals surface area contributed by atoms with Crippen molar-refractivity contribution in [2.45, 2.75) is 77.9 Å². The number of nitrogens with two attached hydrogens (primary N) is 1. The summed E-state index contributed by atoms with van der Waals surface area (Å²) in [6, 6.07) is 2.22. The van der Waals surface area contributed by atoms with Crippen LogP contribution in [0.25, 0.3) is 0 Å². The average molecular weight is 594 g/mol. The van der Waals surface area contributed by atoms with Gasteiger partial charge in [-0.1, -0.05) is 85.9 Å². The topological polar surface area (TPSA) is 142 Å². The summed E-state index contributed by atoms with van der Waals surface area (Å²) in [4.78, 5) is 47.0. The van der Waals surface area contributed by atoms with Crippen molar-refractivity contribution in [1.82, 2.24) is 0 Å². The lowest BCUT2D eigenvalue weighted by Crippen LogP contribution is -2.39. The van der Waals surface area contributed by atoms with Gasteiger partial charge in [-0.05, 0) is 56.2 Å². The number of aliphatic hydroxyl groups is 1. The highest BCUT2D eigenvalue weighted by Gasteiger charge is 2.28. The van der Waals surface area contributed by atoms with Crippen LogP contribution in [0.4, 0.5) is 0 Å². The number of allylic oxidation sites excluding steroid dienone is 11. The largest absolute Gasteiger partial charge is 0.423 e. The molecule has 232 valence electrons. The first-order chi connectivity index (χ1) is 20.6. The molecule has 1 rings (SSSR count). The molecular weight excluding hydrogens is 550 g/mol. The van der Waals surface area contributed by atoms with E-state index in [0.29, 0.717) is 6.42 Å². The quantitative estimate of drug-likeness (QED) is 0.0899. The van der Waals surface area contributed by atoms with Crippen LogP contribution in [0.2, 0.25) is 0 Å². The Morgan fingerprint density at radius 1 is 0.721 bits per heavy atom. The molecule has 0 bridgehead atoms.